The molecule has 0 radical (unpaired) electrons. The van der Waals surface area contributed by atoms with Crippen LogP contribution < -0.4 is 11.1 Å². The van der Waals surface area contributed by atoms with Crippen LogP contribution in [0.3, 0.4) is 0 Å². The number of hydrogen-bond acceptors (Lipinski definition) is 3. The highest BCUT2D eigenvalue weighted by Crippen LogP contribution is 2.07. The molecule has 1 heterocycles. The number of nitrogen functional groups attached to an aromatic ring is 1. The molecule has 0 aliphatic carbocycles. The van der Waals surface area contributed by atoms with Crippen molar-refractivity contribution in [3.05, 3.63) is 53.5 Å². The summed E-state index contributed by atoms with van der Waals surface area (Å²) in [6, 6.07) is 12.0. The van der Waals surface area contributed by atoms with Crippen molar-refractivity contribution in [1.82, 2.24) is 5.32 Å². The van der Waals surface area contributed by atoms with Crippen LogP contribution in [0.1, 0.15) is 17.1 Å². The van der Waals surface area contributed by atoms with Crippen molar-refractivity contribution in [3.63, 3.8) is 0 Å². The van der Waals surface area contributed by atoms with Gasteiger partial charge in [0.2, 0.25) is 0 Å². The first-order valence-corrected chi connectivity index (χ1v) is 5.84. The fraction of sp³-hybridized carbons (Fsp3) is 0.286. The van der Waals surface area contributed by atoms with Crippen molar-refractivity contribution in [3.8, 4) is 0 Å². The molecule has 1 aromatic carbocycles. The second kappa shape index (κ2) is 5.55. The summed E-state index contributed by atoms with van der Waals surface area (Å²) in [5, 5.41) is 3.35. The summed E-state index contributed by atoms with van der Waals surface area (Å²) in [7, 11) is 0. The van der Waals surface area contributed by atoms with Gasteiger partial charge in [-0.25, -0.2) is 0 Å². The third-order valence-corrected chi connectivity index (χ3v) is 2.67. The van der Waals surface area contributed by atoms with Gasteiger partial charge in [0.1, 0.15) is 11.5 Å². The SMILES string of the molecule is Cc1ccc(CNCCc2ccc(N)cc2)o1. The minimum Gasteiger partial charge on any atom is -0.465 e. The van der Waals surface area contributed by atoms with Gasteiger partial charge in [0, 0.05) is 5.69 Å². The highest BCUT2D eigenvalue weighted by atomic mass is 16.3. The van der Waals surface area contributed by atoms with E-state index in [1.54, 1.807) is 0 Å². The number of nitrogens with two attached hydrogens (primary N) is 1. The molecule has 2 aromatic rings. The molecule has 0 atom stereocenters. The maximum atomic E-state index is 5.63. The lowest BCUT2D eigenvalue weighted by atomic mass is 10.1. The zero-order valence-electron chi connectivity index (χ0n) is 10.1. The van der Waals surface area contributed by atoms with Gasteiger partial charge in [-0.2, -0.15) is 0 Å². The van der Waals surface area contributed by atoms with Crippen molar-refractivity contribution < 1.29 is 4.42 Å². The van der Waals surface area contributed by atoms with Gasteiger partial charge in [-0.3, -0.25) is 0 Å². The van der Waals surface area contributed by atoms with E-state index in [1.807, 2.05) is 31.2 Å². The first-order valence-electron chi connectivity index (χ1n) is 5.84. The van der Waals surface area contributed by atoms with Gasteiger partial charge >= 0.3 is 0 Å². The van der Waals surface area contributed by atoms with Crippen LogP contribution in [-0.4, -0.2) is 6.54 Å². The number of anilines is 1. The van der Waals surface area contributed by atoms with Crippen molar-refractivity contribution in [1.29, 1.82) is 0 Å². The van der Waals surface area contributed by atoms with Gasteiger partial charge in [-0.15, -0.1) is 0 Å². The average molecular weight is 230 g/mol. The Labute approximate surface area is 102 Å². The molecule has 0 saturated carbocycles. The van der Waals surface area contributed by atoms with Gasteiger partial charge in [-0.1, -0.05) is 12.1 Å². The lowest BCUT2D eigenvalue weighted by Gasteiger charge is -2.03. The Bertz CT molecular complexity index is 459. The minimum absolute atomic E-state index is 0.781. The molecule has 0 aliphatic heterocycles. The predicted molar refractivity (Wildman–Crippen MR) is 69.7 cm³/mol. The third-order valence-electron chi connectivity index (χ3n) is 2.67. The number of nitrogens with one attached hydrogen (secondary N) is 1. The van der Waals surface area contributed by atoms with E-state index in [-0.39, 0.29) is 0 Å². The molecule has 90 valence electrons. The van der Waals surface area contributed by atoms with Gasteiger partial charge in [0.25, 0.3) is 0 Å². The number of rotatable bonds is 5. The van der Waals surface area contributed by atoms with E-state index in [9.17, 15) is 0 Å². The molecule has 2 rings (SSSR count). The molecular formula is C14H18N2O. The van der Waals surface area contributed by atoms with Gasteiger partial charge in [-0.05, 0) is 49.7 Å². The van der Waals surface area contributed by atoms with Gasteiger partial charge < -0.3 is 15.5 Å². The van der Waals surface area contributed by atoms with Crippen LogP contribution in [0.5, 0.6) is 0 Å². The number of furan rings is 1. The van der Waals surface area contributed by atoms with Crippen molar-refractivity contribution in [2.75, 3.05) is 12.3 Å². The summed E-state index contributed by atoms with van der Waals surface area (Å²) in [4.78, 5) is 0. The van der Waals surface area contributed by atoms with Gasteiger partial charge in [0.05, 0.1) is 6.54 Å². The number of hydrogen-bond donors (Lipinski definition) is 2. The Morgan fingerprint density at radius 2 is 1.88 bits per heavy atom. The van der Waals surface area contributed by atoms with E-state index < -0.39 is 0 Å². The van der Waals surface area contributed by atoms with Crippen LogP contribution in [0, 0.1) is 6.92 Å². The highest BCUT2D eigenvalue weighted by molar-refractivity contribution is 5.39. The zero-order valence-corrected chi connectivity index (χ0v) is 10.1. The number of benzene rings is 1. The number of aryl methyl sites for hydroxylation is 1. The molecule has 1 aromatic heterocycles. The average Bonchev–Trinajstić information content (AvgIpc) is 2.73. The normalized spacial score (nSPS) is 10.6. The van der Waals surface area contributed by atoms with Crippen LogP contribution in [0.15, 0.2) is 40.8 Å². The molecule has 0 saturated heterocycles. The van der Waals surface area contributed by atoms with E-state index in [2.05, 4.69) is 17.4 Å². The van der Waals surface area contributed by atoms with Crippen molar-refractivity contribution >= 4 is 5.69 Å². The maximum Gasteiger partial charge on any atom is 0.117 e. The van der Waals surface area contributed by atoms with Crippen LogP contribution in [0.25, 0.3) is 0 Å². The summed E-state index contributed by atoms with van der Waals surface area (Å²) in [6.07, 6.45) is 1.000. The second-order valence-corrected chi connectivity index (χ2v) is 4.18. The Morgan fingerprint density at radius 1 is 1.12 bits per heavy atom. The molecule has 0 spiro atoms. The van der Waals surface area contributed by atoms with Crippen LogP contribution in [-0.2, 0) is 13.0 Å². The summed E-state index contributed by atoms with van der Waals surface area (Å²) in [5.74, 6) is 1.94. The van der Waals surface area contributed by atoms with E-state index >= 15 is 0 Å². The first-order chi connectivity index (χ1) is 8.24. The largest absolute Gasteiger partial charge is 0.465 e. The first kappa shape index (κ1) is 11.7. The summed E-state index contributed by atoms with van der Waals surface area (Å²) < 4.78 is 5.47. The van der Waals surface area contributed by atoms with Crippen molar-refractivity contribution in [2.24, 2.45) is 0 Å². The highest BCUT2D eigenvalue weighted by Gasteiger charge is 1.98. The molecule has 3 heteroatoms. The quantitative estimate of drug-likeness (QED) is 0.613. The summed E-state index contributed by atoms with van der Waals surface area (Å²) in [5.41, 5.74) is 7.74. The molecule has 3 N–H and O–H groups in total. The van der Waals surface area contributed by atoms with Gasteiger partial charge in [0.15, 0.2) is 0 Å². The molecule has 0 fully saturated rings. The lowest BCUT2D eigenvalue weighted by Crippen LogP contribution is -2.16. The Balaban J connectivity index is 1.71. The van der Waals surface area contributed by atoms with Crippen molar-refractivity contribution in [2.45, 2.75) is 19.9 Å². The Morgan fingerprint density at radius 3 is 2.53 bits per heavy atom. The molecule has 0 amide bonds. The molecule has 0 aliphatic rings. The van der Waals surface area contributed by atoms with E-state index in [0.717, 1.165) is 36.7 Å². The van der Waals surface area contributed by atoms with E-state index in [1.165, 1.54) is 5.56 Å². The Hall–Kier alpha value is -1.74. The molecule has 17 heavy (non-hydrogen) atoms. The van der Waals surface area contributed by atoms with Crippen LogP contribution >= 0.6 is 0 Å². The fourth-order valence-corrected chi connectivity index (χ4v) is 1.71. The molecule has 3 nitrogen and oxygen atoms in total. The summed E-state index contributed by atoms with van der Waals surface area (Å²) in [6.45, 7) is 3.67. The smallest absolute Gasteiger partial charge is 0.117 e. The summed E-state index contributed by atoms with van der Waals surface area (Å²) >= 11 is 0. The maximum absolute atomic E-state index is 5.63. The topological polar surface area (TPSA) is 51.2 Å². The zero-order chi connectivity index (χ0) is 12.1. The molecule has 0 unspecified atom stereocenters. The minimum atomic E-state index is 0.781. The fourth-order valence-electron chi connectivity index (χ4n) is 1.71. The third kappa shape index (κ3) is 3.64. The molecular weight excluding hydrogens is 212 g/mol. The Kier molecular flexibility index (Phi) is 3.83. The monoisotopic (exact) mass is 230 g/mol. The molecule has 0 bridgehead atoms. The van der Waals surface area contributed by atoms with Crippen LogP contribution in [0.4, 0.5) is 5.69 Å². The second-order valence-electron chi connectivity index (χ2n) is 4.18. The lowest BCUT2D eigenvalue weighted by molar-refractivity contribution is 0.463. The predicted octanol–water partition coefficient (Wildman–Crippen LogP) is 2.50. The standard InChI is InChI=1S/C14H18N2O/c1-11-2-7-14(17-11)10-16-9-8-12-3-5-13(15)6-4-12/h2-7,16H,8-10,15H2,1H3. The van der Waals surface area contributed by atoms with E-state index in [0.29, 0.717) is 0 Å². The van der Waals surface area contributed by atoms with E-state index in [4.69, 9.17) is 10.2 Å². The van der Waals surface area contributed by atoms with Crippen LogP contribution in [0.2, 0.25) is 0 Å².